The van der Waals surface area contributed by atoms with Crippen molar-refractivity contribution in [3.8, 4) is 5.75 Å². The molecular weight excluding hydrogens is 284 g/mol. The van der Waals surface area contributed by atoms with Crippen molar-refractivity contribution < 1.29 is 4.74 Å². The molecule has 1 aromatic rings. The monoisotopic (exact) mass is 310 g/mol. The Hall–Kier alpha value is -0.770. The highest BCUT2D eigenvalue weighted by Gasteiger charge is 2.15. The van der Waals surface area contributed by atoms with Gasteiger partial charge in [0.25, 0.3) is 0 Å². The molecule has 4 heteroatoms. The van der Waals surface area contributed by atoms with Gasteiger partial charge >= 0.3 is 0 Å². The van der Waals surface area contributed by atoms with Crippen LogP contribution in [0.3, 0.4) is 0 Å². The molecule has 118 valence electrons. The third-order valence-electron chi connectivity index (χ3n) is 4.19. The number of nitrogens with zero attached hydrogens (tertiary/aromatic N) is 1. The summed E-state index contributed by atoms with van der Waals surface area (Å²) in [6.45, 7) is 12.6. The maximum atomic E-state index is 6.34. The van der Waals surface area contributed by atoms with Crippen molar-refractivity contribution in [3.63, 3.8) is 0 Å². The number of rotatable bonds is 6. The number of aryl methyl sites for hydroxylation is 1. The van der Waals surface area contributed by atoms with Gasteiger partial charge in [0.05, 0.1) is 6.61 Å². The standard InChI is InChI=1S/C17H27ClN2O/c1-4-21-17-13(2)12-16(18)14(3)15(17)6-5-9-20-10-7-19-8-11-20/h12,19H,4-11H2,1-3H3. The molecule has 0 unspecified atom stereocenters. The second-order valence-electron chi connectivity index (χ2n) is 5.74. The van der Waals surface area contributed by atoms with Crippen molar-refractivity contribution in [3.05, 3.63) is 27.8 Å². The Morgan fingerprint density at radius 3 is 2.67 bits per heavy atom. The minimum Gasteiger partial charge on any atom is -0.493 e. The minimum atomic E-state index is 0.701. The van der Waals surface area contributed by atoms with Gasteiger partial charge in [-0.25, -0.2) is 0 Å². The van der Waals surface area contributed by atoms with Gasteiger partial charge in [-0.05, 0) is 62.9 Å². The Labute approximate surface area is 133 Å². The van der Waals surface area contributed by atoms with Crippen LogP contribution in [0.4, 0.5) is 0 Å². The summed E-state index contributed by atoms with van der Waals surface area (Å²) in [5.74, 6) is 1.04. The first-order chi connectivity index (χ1) is 10.1. The van der Waals surface area contributed by atoms with Gasteiger partial charge in [0.1, 0.15) is 5.75 Å². The highest BCUT2D eigenvalue weighted by molar-refractivity contribution is 6.31. The summed E-state index contributed by atoms with van der Waals surface area (Å²) in [4.78, 5) is 2.53. The van der Waals surface area contributed by atoms with Crippen molar-refractivity contribution in [2.45, 2.75) is 33.6 Å². The lowest BCUT2D eigenvalue weighted by Crippen LogP contribution is -2.43. The predicted octanol–water partition coefficient (Wildman–Crippen LogP) is 3.19. The van der Waals surface area contributed by atoms with Crippen LogP contribution in [0.2, 0.25) is 5.02 Å². The molecule has 3 nitrogen and oxygen atoms in total. The zero-order chi connectivity index (χ0) is 15.2. The first-order valence-electron chi connectivity index (χ1n) is 7.98. The summed E-state index contributed by atoms with van der Waals surface area (Å²) >= 11 is 6.34. The second-order valence-corrected chi connectivity index (χ2v) is 6.14. The van der Waals surface area contributed by atoms with Gasteiger partial charge in [0, 0.05) is 31.2 Å². The summed E-state index contributed by atoms with van der Waals surface area (Å²) in [7, 11) is 0. The Morgan fingerprint density at radius 2 is 2.00 bits per heavy atom. The Bertz CT molecular complexity index is 470. The number of piperazine rings is 1. The molecule has 0 amide bonds. The maximum Gasteiger partial charge on any atom is 0.125 e. The van der Waals surface area contributed by atoms with Crippen molar-refractivity contribution in [2.75, 3.05) is 39.3 Å². The number of ether oxygens (including phenoxy) is 1. The molecule has 2 rings (SSSR count). The van der Waals surface area contributed by atoms with Crippen molar-refractivity contribution >= 4 is 11.6 Å². The molecular formula is C17H27ClN2O. The molecule has 0 radical (unpaired) electrons. The highest BCUT2D eigenvalue weighted by Crippen LogP contribution is 2.33. The van der Waals surface area contributed by atoms with E-state index in [0.717, 1.165) is 61.9 Å². The van der Waals surface area contributed by atoms with E-state index < -0.39 is 0 Å². The van der Waals surface area contributed by atoms with E-state index in [1.165, 1.54) is 11.1 Å². The second kappa shape index (κ2) is 8.02. The minimum absolute atomic E-state index is 0.701. The predicted molar refractivity (Wildman–Crippen MR) is 89.7 cm³/mol. The summed E-state index contributed by atoms with van der Waals surface area (Å²) in [6.07, 6.45) is 2.19. The fourth-order valence-corrected chi connectivity index (χ4v) is 3.25. The van der Waals surface area contributed by atoms with Gasteiger partial charge in [-0.1, -0.05) is 11.6 Å². The third-order valence-corrected chi connectivity index (χ3v) is 4.58. The molecule has 1 N–H and O–H groups in total. The average molecular weight is 311 g/mol. The Balaban J connectivity index is 2.03. The fourth-order valence-electron chi connectivity index (χ4n) is 2.98. The largest absolute Gasteiger partial charge is 0.493 e. The number of nitrogens with one attached hydrogen (secondary N) is 1. The summed E-state index contributed by atoms with van der Waals surface area (Å²) in [5.41, 5.74) is 3.60. The normalized spacial score (nSPS) is 16.2. The molecule has 0 aromatic heterocycles. The van der Waals surface area contributed by atoms with Crippen molar-refractivity contribution in [1.82, 2.24) is 10.2 Å². The van der Waals surface area contributed by atoms with E-state index in [0.29, 0.717) is 6.61 Å². The molecule has 1 fully saturated rings. The zero-order valence-corrected chi connectivity index (χ0v) is 14.2. The van der Waals surface area contributed by atoms with E-state index in [9.17, 15) is 0 Å². The van der Waals surface area contributed by atoms with Gasteiger partial charge in [-0.2, -0.15) is 0 Å². The molecule has 0 saturated carbocycles. The molecule has 0 aliphatic carbocycles. The third kappa shape index (κ3) is 4.35. The van der Waals surface area contributed by atoms with E-state index >= 15 is 0 Å². The van der Waals surface area contributed by atoms with Crippen LogP contribution >= 0.6 is 11.6 Å². The Morgan fingerprint density at radius 1 is 1.29 bits per heavy atom. The fraction of sp³-hybridized carbons (Fsp3) is 0.647. The maximum absolute atomic E-state index is 6.34. The average Bonchev–Trinajstić information content (AvgIpc) is 2.49. The van der Waals surface area contributed by atoms with E-state index in [4.69, 9.17) is 16.3 Å². The molecule has 0 spiro atoms. The van der Waals surface area contributed by atoms with Crippen LogP contribution in [0.15, 0.2) is 6.07 Å². The lowest BCUT2D eigenvalue weighted by molar-refractivity contribution is 0.238. The lowest BCUT2D eigenvalue weighted by Gasteiger charge is -2.27. The van der Waals surface area contributed by atoms with E-state index in [2.05, 4.69) is 24.1 Å². The van der Waals surface area contributed by atoms with Gasteiger partial charge < -0.3 is 15.0 Å². The van der Waals surface area contributed by atoms with Gasteiger partial charge in [-0.3, -0.25) is 0 Å². The molecule has 1 aromatic carbocycles. The van der Waals surface area contributed by atoms with Crippen LogP contribution in [-0.2, 0) is 6.42 Å². The van der Waals surface area contributed by atoms with Gasteiger partial charge in [-0.15, -0.1) is 0 Å². The molecule has 1 aliphatic rings. The zero-order valence-electron chi connectivity index (χ0n) is 13.5. The van der Waals surface area contributed by atoms with E-state index in [-0.39, 0.29) is 0 Å². The number of halogens is 1. The molecule has 1 aliphatic heterocycles. The van der Waals surface area contributed by atoms with Gasteiger partial charge in [0.15, 0.2) is 0 Å². The first-order valence-corrected chi connectivity index (χ1v) is 8.35. The van der Waals surface area contributed by atoms with Crippen LogP contribution in [-0.4, -0.2) is 44.2 Å². The quantitative estimate of drug-likeness (QED) is 0.873. The first kappa shape index (κ1) is 16.6. The summed E-state index contributed by atoms with van der Waals surface area (Å²) in [5, 5.41) is 4.25. The lowest BCUT2D eigenvalue weighted by atomic mass is 9.99. The number of benzene rings is 1. The summed E-state index contributed by atoms with van der Waals surface area (Å²) in [6, 6.07) is 2.02. The molecule has 21 heavy (non-hydrogen) atoms. The van der Waals surface area contributed by atoms with Crippen molar-refractivity contribution in [1.29, 1.82) is 0 Å². The van der Waals surface area contributed by atoms with Gasteiger partial charge in [0.2, 0.25) is 0 Å². The summed E-state index contributed by atoms with van der Waals surface area (Å²) < 4.78 is 5.86. The molecule has 0 atom stereocenters. The number of hydrogen-bond acceptors (Lipinski definition) is 3. The SMILES string of the molecule is CCOc1c(C)cc(Cl)c(C)c1CCCN1CCNCC1. The molecule has 0 bridgehead atoms. The van der Waals surface area contributed by atoms with Crippen LogP contribution in [0.25, 0.3) is 0 Å². The van der Waals surface area contributed by atoms with E-state index in [1.54, 1.807) is 0 Å². The molecule has 1 saturated heterocycles. The Kier molecular flexibility index (Phi) is 6.34. The smallest absolute Gasteiger partial charge is 0.125 e. The van der Waals surface area contributed by atoms with E-state index in [1.807, 2.05) is 13.0 Å². The van der Waals surface area contributed by atoms with Crippen LogP contribution in [0, 0.1) is 13.8 Å². The number of hydrogen-bond donors (Lipinski definition) is 1. The highest BCUT2D eigenvalue weighted by atomic mass is 35.5. The van der Waals surface area contributed by atoms with Crippen LogP contribution in [0.1, 0.15) is 30.0 Å². The van der Waals surface area contributed by atoms with Crippen LogP contribution in [0.5, 0.6) is 5.75 Å². The topological polar surface area (TPSA) is 24.5 Å². The van der Waals surface area contributed by atoms with Crippen LogP contribution < -0.4 is 10.1 Å². The molecule has 1 heterocycles. The van der Waals surface area contributed by atoms with Crippen molar-refractivity contribution in [2.24, 2.45) is 0 Å².